The zero-order chi connectivity index (χ0) is 6.27. The highest BCUT2D eigenvalue weighted by atomic mass is 15.1. The van der Waals surface area contributed by atoms with Gasteiger partial charge in [-0.3, -0.25) is 0 Å². The van der Waals surface area contributed by atoms with Gasteiger partial charge in [-0.2, -0.15) is 0 Å². The van der Waals surface area contributed by atoms with E-state index in [4.69, 9.17) is 0 Å². The normalized spacial score (nSPS) is 21.9. The molecule has 10 heavy (non-hydrogen) atoms. The number of fused-ring (bicyclic) bond motifs is 1. The maximum Gasteiger partial charge on any atom is 0.0948 e. The van der Waals surface area contributed by atoms with E-state index in [2.05, 4.69) is 16.5 Å². The van der Waals surface area contributed by atoms with Crippen LogP contribution in [0, 0.1) is 0 Å². The molecule has 2 rings (SSSR count). The second kappa shape index (κ2) is 2.45. The Kier molecular flexibility index (Phi) is 1.79. The van der Waals surface area contributed by atoms with Crippen molar-refractivity contribution in [3.05, 3.63) is 18.2 Å². The van der Waals surface area contributed by atoms with Crippen LogP contribution in [0.4, 0.5) is 0 Å². The molecule has 56 valence electrons. The molecule has 1 aromatic rings. The van der Waals surface area contributed by atoms with Crippen LogP contribution in [0.5, 0.6) is 0 Å². The zero-order valence-electron chi connectivity index (χ0n) is 5.54. The first-order chi connectivity index (χ1) is 4.38. The number of hydrogen-bond donors (Lipinski definition) is 0. The van der Waals surface area contributed by atoms with Crippen LogP contribution in [0.2, 0.25) is 0 Å². The van der Waals surface area contributed by atoms with Crippen LogP contribution >= 0.6 is 0 Å². The van der Waals surface area contributed by atoms with Crippen molar-refractivity contribution in [2.24, 2.45) is 0 Å². The lowest BCUT2D eigenvalue weighted by atomic mass is 10.1. The fourth-order valence-corrected chi connectivity index (χ4v) is 1.41. The maximum atomic E-state index is 4.06. The van der Waals surface area contributed by atoms with Gasteiger partial charge in [-0.1, -0.05) is 14.4 Å². The summed E-state index contributed by atoms with van der Waals surface area (Å²) in [4.78, 5) is 4.06. The van der Waals surface area contributed by atoms with Gasteiger partial charge >= 0.3 is 0 Å². The maximum absolute atomic E-state index is 4.06. The molecule has 2 heteroatoms. The topological polar surface area (TPSA) is 17.8 Å². The lowest BCUT2D eigenvalue weighted by Crippen LogP contribution is -1.87. The second-order valence-electron chi connectivity index (χ2n) is 2.70. The Balaban J connectivity index is 0.000000500. The van der Waals surface area contributed by atoms with Crippen LogP contribution in [0.25, 0.3) is 0 Å². The average Bonchev–Trinajstić information content (AvgIpc) is 2.35. The van der Waals surface area contributed by atoms with Crippen LogP contribution in [0.1, 0.15) is 32.4 Å². The fourth-order valence-electron chi connectivity index (χ4n) is 1.41. The molecule has 1 aliphatic heterocycles. The van der Waals surface area contributed by atoms with Crippen molar-refractivity contribution in [1.82, 2.24) is 9.55 Å². The molecule has 0 fully saturated rings. The molecule has 2 nitrogen and oxygen atoms in total. The fraction of sp³-hybridized carbons (Fsp3) is 0.625. The van der Waals surface area contributed by atoms with E-state index < -0.39 is 0 Å². The summed E-state index contributed by atoms with van der Waals surface area (Å²) in [5.41, 5.74) is 1.40. The van der Waals surface area contributed by atoms with Gasteiger partial charge in [0, 0.05) is 18.4 Å². The van der Waals surface area contributed by atoms with Crippen molar-refractivity contribution in [3.63, 3.8) is 0 Å². The number of aryl methyl sites for hydroxylation is 1. The summed E-state index contributed by atoms with van der Waals surface area (Å²) in [6.45, 7) is 3.41. The Morgan fingerprint density at radius 3 is 3.20 bits per heavy atom. The van der Waals surface area contributed by atoms with Crippen molar-refractivity contribution in [2.75, 3.05) is 0 Å². The quantitative estimate of drug-likeness (QED) is 0.536. The molecule has 0 aliphatic carbocycles. The van der Waals surface area contributed by atoms with Crippen LogP contribution < -0.4 is 0 Å². The van der Waals surface area contributed by atoms with E-state index in [9.17, 15) is 0 Å². The monoisotopic (exact) mass is 138 g/mol. The Labute approximate surface area is 61.9 Å². The molecule has 0 amide bonds. The molecular formula is C8H14N2. The summed E-state index contributed by atoms with van der Waals surface area (Å²) in [5, 5.41) is 0. The van der Waals surface area contributed by atoms with E-state index in [1.165, 1.54) is 12.1 Å². The molecule has 1 aromatic heterocycles. The molecule has 0 saturated heterocycles. The van der Waals surface area contributed by atoms with Gasteiger partial charge in [-0.25, -0.2) is 4.98 Å². The van der Waals surface area contributed by atoms with E-state index in [0.29, 0.717) is 0 Å². The summed E-state index contributed by atoms with van der Waals surface area (Å²) in [6, 6.07) is 0. The zero-order valence-corrected chi connectivity index (χ0v) is 5.54. The van der Waals surface area contributed by atoms with Crippen LogP contribution in [-0.4, -0.2) is 9.55 Å². The summed E-state index contributed by atoms with van der Waals surface area (Å²) in [6.07, 6.45) is 5.17. The minimum Gasteiger partial charge on any atom is -0.334 e. The van der Waals surface area contributed by atoms with Crippen molar-refractivity contribution in [2.45, 2.75) is 33.2 Å². The molecule has 2 heterocycles. The highest BCUT2D eigenvalue weighted by molar-refractivity contribution is 5.08. The minimum atomic E-state index is 0. The Morgan fingerprint density at radius 1 is 1.70 bits per heavy atom. The molecule has 0 unspecified atom stereocenters. The van der Waals surface area contributed by atoms with Gasteiger partial charge in [0.25, 0.3) is 0 Å². The molecule has 1 atom stereocenters. The minimum absolute atomic E-state index is 0. The van der Waals surface area contributed by atoms with Crippen molar-refractivity contribution in [3.8, 4) is 0 Å². The lowest BCUT2D eigenvalue weighted by molar-refractivity contribution is 0.696. The Bertz CT molecular complexity index is 215. The SMILES string of the molecule is C.C[C@H]1CCn2cncc21. The Morgan fingerprint density at radius 2 is 2.50 bits per heavy atom. The molecular weight excluding hydrogens is 124 g/mol. The first-order valence-electron chi connectivity index (χ1n) is 3.38. The van der Waals surface area contributed by atoms with Gasteiger partial charge in [-0.05, 0) is 12.3 Å². The second-order valence-corrected chi connectivity index (χ2v) is 2.70. The van der Waals surface area contributed by atoms with Gasteiger partial charge in [0.15, 0.2) is 0 Å². The van der Waals surface area contributed by atoms with Crippen LogP contribution in [-0.2, 0) is 6.54 Å². The smallest absolute Gasteiger partial charge is 0.0948 e. The van der Waals surface area contributed by atoms with E-state index in [-0.39, 0.29) is 7.43 Å². The molecule has 0 bridgehead atoms. The van der Waals surface area contributed by atoms with Gasteiger partial charge in [0.2, 0.25) is 0 Å². The van der Waals surface area contributed by atoms with Crippen LogP contribution in [0.3, 0.4) is 0 Å². The standard InChI is InChI=1S/C7H10N2.CH4/c1-6-2-3-9-5-8-4-7(6)9;/h4-6H,2-3H2,1H3;1H4/t6-;/m0./s1. The third kappa shape index (κ3) is 0.838. The van der Waals surface area contributed by atoms with E-state index in [1.807, 2.05) is 12.5 Å². The number of nitrogens with zero attached hydrogens (tertiary/aromatic N) is 2. The largest absolute Gasteiger partial charge is 0.334 e. The molecule has 0 aromatic carbocycles. The predicted molar refractivity (Wildman–Crippen MR) is 42.0 cm³/mol. The van der Waals surface area contributed by atoms with Crippen LogP contribution in [0.15, 0.2) is 12.5 Å². The molecule has 0 spiro atoms. The van der Waals surface area contributed by atoms with E-state index >= 15 is 0 Å². The number of rotatable bonds is 0. The third-order valence-electron chi connectivity index (χ3n) is 2.05. The Hall–Kier alpha value is -0.790. The summed E-state index contributed by atoms with van der Waals surface area (Å²) in [5.74, 6) is 0.729. The first kappa shape index (κ1) is 7.32. The lowest BCUT2D eigenvalue weighted by Gasteiger charge is -1.95. The summed E-state index contributed by atoms with van der Waals surface area (Å²) < 4.78 is 2.23. The van der Waals surface area contributed by atoms with E-state index in [0.717, 1.165) is 12.5 Å². The first-order valence-corrected chi connectivity index (χ1v) is 3.38. The average molecular weight is 138 g/mol. The summed E-state index contributed by atoms with van der Waals surface area (Å²) in [7, 11) is 0. The van der Waals surface area contributed by atoms with Gasteiger partial charge < -0.3 is 4.57 Å². The number of imidazole rings is 1. The highest BCUT2D eigenvalue weighted by Gasteiger charge is 2.16. The van der Waals surface area contributed by atoms with Crippen molar-refractivity contribution < 1.29 is 0 Å². The third-order valence-corrected chi connectivity index (χ3v) is 2.05. The van der Waals surface area contributed by atoms with Crippen molar-refractivity contribution in [1.29, 1.82) is 0 Å². The molecule has 0 radical (unpaired) electrons. The molecule has 0 N–H and O–H groups in total. The van der Waals surface area contributed by atoms with Gasteiger partial charge in [0.1, 0.15) is 0 Å². The summed E-state index contributed by atoms with van der Waals surface area (Å²) >= 11 is 0. The van der Waals surface area contributed by atoms with Gasteiger partial charge in [0.05, 0.1) is 6.33 Å². The number of hydrogen-bond acceptors (Lipinski definition) is 1. The molecule has 0 saturated carbocycles. The highest BCUT2D eigenvalue weighted by Crippen LogP contribution is 2.25. The molecule has 1 aliphatic rings. The number of aromatic nitrogens is 2. The predicted octanol–water partition coefficient (Wildman–Crippen LogP) is 2.03. The van der Waals surface area contributed by atoms with E-state index in [1.54, 1.807) is 0 Å². The van der Waals surface area contributed by atoms with Gasteiger partial charge in [-0.15, -0.1) is 0 Å². The van der Waals surface area contributed by atoms with Crippen molar-refractivity contribution >= 4 is 0 Å².